The standard InChI is InChI=1S/C16H21NO3S/c1-10(2)7-11(9-18)17-8-13-12-5-3-4-6-14(12)21-15(13)16(19)20/h3-6,10-11,17-18H,7-9H2,1-2H3,(H,19,20). The molecule has 0 amide bonds. The van der Waals surface area contributed by atoms with Crippen LogP contribution in [0.5, 0.6) is 0 Å². The number of nitrogens with one attached hydrogen (secondary N) is 1. The van der Waals surface area contributed by atoms with Gasteiger partial charge >= 0.3 is 5.97 Å². The van der Waals surface area contributed by atoms with Crippen LogP contribution in [0.1, 0.15) is 35.5 Å². The van der Waals surface area contributed by atoms with E-state index in [2.05, 4.69) is 19.2 Å². The minimum atomic E-state index is -0.891. The van der Waals surface area contributed by atoms with Crippen LogP contribution in [0.25, 0.3) is 10.1 Å². The molecule has 5 heteroatoms. The van der Waals surface area contributed by atoms with Crippen molar-refractivity contribution in [2.75, 3.05) is 6.61 Å². The largest absolute Gasteiger partial charge is 0.477 e. The van der Waals surface area contributed by atoms with E-state index in [1.54, 1.807) is 0 Å². The zero-order valence-electron chi connectivity index (χ0n) is 12.3. The number of carbonyl (C=O) groups is 1. The molecule has 1 unspecified atom stereocenters. The monoisotopic (exact) mass is 307 g/mol. The number of hydrogen-bond acceptors (Lipinski definition) is 4. The minimum absolute atomic E-state index is 0.00897. The van der Waals surface area contributed by atoms with Crippen molar-refractivity contribution in [3.63, 3.8) is 0 Å². The average molecular weight is 307 g/mol. The summed E-state index contributed by atoms with van der Waals surface area (Å²) in [6.07, 6.45) is 0.862. The van der Waals surface area contributed by atoms with Crippen molar-refractivity contribution in [3.05, 3.63) is 34.7 Å². The second-order valence-electron chi connectivity index (χ2n) is 5.60. The Morgan fingerprint density at radius 2 is 2.05 bits per heavy atom. The fourth-order valence-electron chi connectivity index (χ4n) is 2.48. The van der Waals surface area contributed by atoms with Crippen molar-refractivity contribution in [1.82, 2.24) is 5.32 Å². The molecule has 0 aliphatic carbocycles. The Bertz CT molecular complexity index is 621. The van der Waals surface area contributed by atoms with Gasteiger partial charge in [0, 0.05) is 17.3 Å². The number of hydrogen-bond donors (Lipinski definition) is 3. The fourth-order valence-corrected chi connectivity index (χ4v) is 3.55. The number of rotatable bonds is 7. The molecule has 0 spiro atoms. The molecular weight excluding hydrogens is 286 g/mol. The van der Waals surface area contributed by atoms with E-state index >= 15 is 0 Å². The molecular formula is C16H21NO3S. The summed E-state index contributed by atoms with van der Waals surface area (Å²) in [5, 5.41) is 23.1. The van der Waals surface area contributed by atoms with Crippen LogP contribution in [0, 0.1) is 5.92 Å². The van der Waals surface area contributed by atoms with E-state index in [-0.39, 0.29) is 12.6 Å². The van der Waals surface area contributed by atoms with E-state index < -0.39 is 5.97 Å². The summed E-state index contributed by atoms with van der Waals surface area (Å²) in [6.45, 7) is 4.73. The van der Waals surface area contributed by atoms with Crippen molar-refractivity contribution in [1.29, 1.82) is 0 Å². The molecule has 0 saturated carbocycles. The van der Waals surface area contributed by atoms with Crippen molar-refractivity contribution < 1.29 is 15.0 Å². The predicted octanol–water partition coefficient (Wildman–Crippen LogP) is 3.10. The lowest BCUT2D eigenvalue weighted by atomic mass is 10.0. The average Bonchev–Trinajstić information content (AvgIpc) is 2.82. The first kappa shape index (κ1) is 15.9. The maximum atomic E-state index is 11.4. The third-order valence-corrected chi connectivity index (χ3v) is 4.64. The molecule has 21 heavy (non-hydrogen) atoms. The van der Waals surface area contributed by atoms with Gasteiger partial charge < -0.3 is 15.5 Å². The lowest BCUT2D eigenvalue weighted by molar-refractivity contribution is 0.0701. The number of aliphatic hydroxyl groups is 1. The number of carboxylic acids is 1. The summed E-state index contributed by atoms with van der Waals surface area (Å²) >= 11 is 1.30. The Morgan fingerprint density at radius 3 is 2.67 bits per heavy atom. The van der Waals surface area contributed by atoms with E-state index in [9.17, 15) is 15.0 Å². The van der Waals surface area contributed by atoms with E-state index in [0.717, 1.165) is 22.1 Å². The van der Waals surface area contributed by atoms with Crippen LogP contribution >= 0.6 is 11.3 Å². The van der Waals surface area contributed by atoms with E-state index in [1.807, 2.05) is 24.3 Å². The fraction of sp³-hybridized carbons (Fsp3) is 0.438. The highest BCUT2D eigenvalue weighted by Crippen LogP contribution is 2.31. The van der Waals surface area contributed by atoms with Gasteiger partial charge in [0.05, 0.1) is 6.61 Å². The first-order valence-corrected chi connectivity index (χ1v) is 7.92. The number of benzene rings is 1. The third-order valence-electron chi connectivity index (χ3n) is 3.44. The SMILES string of the molecule is CC(C)CC(CO)NCc1c(C(=O)O)sc2ccccc12. The van der Waals surface area contributed by atoms with Crippen LogP contribution in [0.4, 0.5) is 0 Å². The predicted molar refractivity (Wildman–Crippen MR) is 86.0 cm³/mol. The molecule has 0 fully saturated rings. The molecule has 0 bridgehead atoms. The number of aliphatic hydroxyl groups excluding tert-OH is 1. The minimum Gasteiger partial charge on any atom is -0.477 e. The van der Waals surface area contributed by atoms with Crippen molar-refractivity contribution in [2.24, 2.45) is 5.92 Å². The highest BCUT2D eigenvalue weighted by molar-refractivity contribution is 7.21. The molecule has 2 aromatic rings. The number of aromatic carboxylic acids is 1. The summed E-state index contributed by atoms with van der Waals surface area (Å²) in [5.41, 5.74) is 0.810. The van der Waals surface area contributed by atoms with Gasteiger partial charge in [-0.05, 0) is 29.4 Å². The normalized spacial score (nSPS) is 13.0. The molecule has 0 aliphatic heterocycles. The first-order chi connectivity index (χ1) is 10.0. The highest BCUT2D eigenvalue weighted by Gasteiger charge is 2.18. The molecule has 114 valence electrons. The van der Waals surface area contributed by atoms with Crippen LogP contribution in [-0.2, 0) is 6.54 Å². The van der Waals surface area contributed by atoms with Crippen molar-refractivity contribution >= 4 is 27.4 Å². The van der Waals surface area contributed by atoms with Gasteiger partial charge in [0.25, 0.3) is 0 Å². The van der Waals surface area contributed by atoms with Crippen molar-refractivity contribution in [3.8, 4) is 0 Å². The summed E-state index contributed by atoms with van der Waals surface area (Å²) in [6, 6.07) is 7.71. The van der Waals surface area contributed by atoms with Gasteiger partial charge in [0.15, 0.2) is 0 Å². The Kier molecular flexibility index (Phi) is 5.33. The topological polar surface area (TPSA) is 69.6 Å². The van der Waals surface area contributed by atoms with Crippen LogP contribution < -0.4 is 5.32 Å². The Labute approximate surface area is 128 Å². The highest BCUT2D eigenvalue weighted by atomic mass is 32.1. The van der Waals surface area contributed by atoms with Gasteiger partial charge in [-0.2, -0.15) is 0 Å². The van der Waals surface area contributed by atoms with Crippen LogP contribution in [0.2, 0.25) is 0 Å². The molecule has 2 rings (SSSR count). The van der Waals surface area contributed by atoms with Gasteiger partial charge in [-0.1, -0.05) is 32.0 Å². The maximum Gasteiger partial charge on any atom is 0.346 e. The van der Waals surface area contributed by atoms with Crippen LogP contribution in [-0.4, -0.2) is 28.8 Å². The molecule has 3 N–H and O–H groups in total. The zero-order chi connectivity index (χ0) is 15.4. The van der Waals surface area contributed by atoms with Gasteiger partial charge in [0.1, 0.15) is 4.88 Å². The van der Waals surface area contributed by atoms with Gasteiger partial charge in [0.2, 0.25) is 0 Å². The van der Waals surface area contributed by atoms with E-state index in [0.29, 0.717) is 17.3 Å². The maximum absolute atomic E-state index is 11.4. The Balaban J connectivity index is 2.24. The van der Waals surface area contributed by atoms with E-state index in [1.165, 1.54) is 11.3 Å². The van der Waals surface area contributed by atoms with Gasteiger partial charge in [-0.25, -0.2) is 4.79 Å². The molecule has 1 aromatic heterocycles. The van der Waals surface area contributed by atoms with Gasteiger partial charge in [-0.15, -0.1) is 11.3 Å². The Morgan fingerprint density at radius 1 is 1.33 bits per heavy atom. The molecule has 0 aliphatic rings. The second-order valence-corrected chi connectivity index (χ2v) is 6.65. The lowest BCUT2D eigenvalue weighted by Gasteiger charge is -2.18. The van der Waals surface area contributed by atoms with Crippen LogP contribution in [0.3, 0.4) is 0 Å². The van der Waals surface area contributed by atoms with Gasteiger partial charge in [-0.3, -0.25) is 0 Å². The molecule has 1 atom stereocenters. The molecule has 1 aromatic carbocycles. The van der Waals surface area contributed by atoms with E-state index in [4.69, 9.17) is 0 Å². The number of fused-ring (bicyclic) bond motifs is 1. The van der Waals surface area contributed by atoms with Crippen LogP contribution in [0.15, 0.2) is 24.3 Å². The molecule has 1 heterocycles. The smallest absolute Gasteiger partial charge is 0.346 e. The number of thiophene rings is 1. The van der Waals surface area contributed by atoms with Crippen molar-refractivity contribution in [2.45, 2.75) is 32.9 Å². The summed E-state index contributed by atoms with van der Waals surface area (Å²) in [4.78, 5) is 11.8. The quantitative estimate of drug-likeness (QED) is 0.735. The Hall–Kier alpha value is -1.43. The molecule has 4 nitrogen and oxygen atoms in total. The number of carboxylic acid groups (broad SMARTS) is 1. The first-order valence-electron chi connectivity index (χ1n) is 7.10. The molecule has 0 radical (unpaired) electrons. The zero-order valence-corrected chi connectivity index (χ0v) is 13.1. The summed E-state index contributed by atoms with van der Waals surface area (Å²) in [5.74, 6) is -0.412. The summed E-state index contributed by atoms with van der Waals surface area (Å²) < 4.78 is 0.983. The third kappa shape index (κ3) is 3.81. The lowest BCUT2D eigenvalue weighted by Crippen LogP contribution is -2.33. The summed E-state index contributed by atoms with van der Waals surface area (Å²) in [7, 11) is 0. The second kappa shape index (κ2) is 7.02. The molecule has 0 saturated heterocycles.